The van der Waals surface area contributed by atoms with Gasteiger partial charge in [0.25, 0.3) is 0 Å². The van der Waals surface area contributed by atoms with Gasteiger partial charge in [-0.1, -0.05) is 12.1 Å². The van der Waals surface area contributed by atoms with Crippen LogP contribution in [0.15, 0.2) is 22.7 Å². The lowest BCUT2D eigenvalue weighted by molar-refractivity contribution is 0.0351. The van der Waals surface area contributed by atoms with Crippen molar-refractivity contribution in [2.75, 3.05) is 13.2 Å². The molecule has 1 atom stereocenters. The van der Waals surface area contributed by atoms with Crippen LogP contribution in [0.25, 0.3) is 0 Å². The first-order valence-corrected chi connectivity index (χ1v) is 5.74. The highest BCUT2D eigenvalue weighted by Gasteiger charge is 2.33. The molecule has 1 fully saturated rings. The molecule has 1 aliphatic heterocycles. The lowest BCUT2D eigenvalue weighted by atomic mass is 9.85. The van der Waals surface area contributed by atoms with Crippen LogP contribution in [0.4, 0.5) is 4.39 Å². The molecule has 2 nitrogen and oxygen atoms in total. The number of hydrogen-bond donors (Lipinski definition) is 1. The molecule has 1 saturated heterocycles. The lowest BCUT2D eigenvalue weighted by Gasteiger charge is -2.34. The number of halogens is 2. The van der Waals surface area contributed by atoms with Crippen LogP contribution in [-0.4, -0.2) is 13.2 Å². The summed E-state index contributed by atoms with van der Waals surface area (Å²) in [6, 6.07) is 5.20. The summed E-state index contributed by atoms with van der Waals surface area (Å²) in [5, 5.41) is 0. The van der Waals surface area contributed by atoms with Gasteiger partial charge >= 0.3 is 0 Å². The van der Waals surface area contributed by atoms with E-state index in [1.807, 2.05) is 0 Å². The average Bonchev–Trinajstić information content (AvgIpc) is 2.23. The molecule has 0 bridgehead atoms. The van der Waals surface area contributed by atoms with Crippen molar-refractivity contribution in [3.05, 3.63) is 34.1 Å². The number of nitrogens with two attached hydrogens (primary N) is 1. The van der Waals surface area contributed by atoms with Crippen LogP contribution in [-0.2, 0) is 10.3 Å². The standard InChI is InChI=1S/C11H13BrFNO/c12-9-4-1-3-8(10(9)13)11(14)5-2-6-15-7-11/h1,3-4H,2,5-7,14H2. The second-order valence-corrected chi connectivity index (χ2v) is 4.77. The van der Waals surface area contributed by atoms with Gasteiger partial charge < -0.3 is 10.5 Å². The van der Waals surface area contributed by atoms with E-state index in [2.05, 4.69) is 15.9 Å². The van der Waals surface area contributed by atoms with Gasteiger partial charge in [-0.25, -0.2) is 4.39 Å². The van der Waals surface area contributed by atoms with E-state index in [4.69, 9.17) is 10.5 Å². The van der Waals surface area contributed by atoms with Crippen LogP contribution in [0, 0.1) is 5.82 Å². The summed E-state index contributed by atoms with van der Waals surface area (Å²) < 4.78 is 19.6. The Morgan fingerprint density at radius 2 is 2.27 bits per heavy atom. The SMILES string of the molecule is NC1(c2cccc(Br)c2F)CCCOC1. The van der Waals surface area contributed by atoms with Crippen molar-refractivity contribution >= 4 is 15.9 Å². The second-order valence-electron chi connectivity index (χ2n) is 3.91. The van der Waals surface area contributed by atoms with E-state index >= 15 is 0 Å². The minimum absolute atomic E-state index is 0.273. The van der Waals surface area contributed by atoms with Gasteiger partial charge in [0.2, 0.25) is 0 Å². The Labute approximate surface area is 96.7 Å². The molecule has 0 radical (unpaired) electrons. The zero-order chi connectivity index (χ0) is 10.9. The van der Waals surface area contributed by atoms with E-state index in [0.717, 1.165) is 12.8 Å². The third-order valence-electron chi connectivity index (χ3n) is 2.76. The molecule has 1 unspecified atom stereocenters. The number of hydrogen-bond acceptors (Lipinski definition) is 2. The Morgan fingerprint density at radius 1 is 1.47 bits per heavy atom. The summed E-state index contributed by atoms with van der Waals surface area (Å²) >= 11 is 3.17. The summed E-state index contributed by atoms with van der Waals surface area (Å²) in [4.78, 5) is 0. The van der Waals surface area contributed by atoms with Crippen LogP contribution in [0.1, 0.15) is 18.4 Å². The minimum atomic E-state index is -0.674. The molecule has 2 N–H and O–H groups in total. The van der Waals surface area contributed by atoms with E-state index in [-0.39, 0.29) is 5.82 Å². The number of benzene rings is 1. The Hall–Kier alpha value is -0.450. The molecule has 4 heteroatoms. The highest BCUT2D eigenvalue weighted by molar-refractivity contribution is 9.10. The van der Waals surface area contributed by atoms with Crippen molar-refractivity contribution in [1.29, 1.82) is 0 Å². The van der Waals surface area contributed by atoms with E-state index in [0.29, 0.717) is 23.2 Å². The molecule has 0 amide bonds. The lowest BCUT2D eigenvalue weighted by Crippen LogP contribution is -2.45. The molecule has 0 spiro atoms. The molecular formula is C11H13BrFNO. The monoisotopic (exact) mass is 273 g/mol. The maximum atomic E-state index is 13.8. The predicted molar refractivity (Wildman–Crippen MR) is 60.0 cm³/mol. The molecule has 1 aromatic rings. The molecule has 82 valence electrons. The van der Waals surface area contributed by atoms with Gasteiger partial charge in [0.05, 0.1) is 16.6 Å². The van der Waals surface area contributed by atoms with Crippen molar-refractivity contribution in [3.63, 3.8) is 0 Å². The molecule has 0 saturated carbocycles. The van der Waals surface area contributed by atoms with Gasteiger partial charge in [0.15, 0.2) is 0 Å². The smallest absolute Gasteiger partial charge is 0.142 e. The highest BCUT2D eigenvalue weighted by atomic mass is 79.9. The number of ether oxygens (including phenoxy) is 1. The Bertz CT molecular complexity index is 364. The first kappa shape index (κ1) is 11.0. The topological polar surface area (TPSA) is 35.2 Å². The van der Waals surface area contributed by atoms with E-state index in [9.17, 15) is 4.39 Å². The molecule has 2 rings (SSSR count). The molecule has 1 aromatic carbocycles. The van der Waals surface area contributed by atoms with Crippen molar-refractivity contribution in [2.45, 2.75) is 18.4 Å². The van der Waals surface area contributed by atoms with E-state index < -0.39 is 5.54 Å². The Kier molecular flexibility index (Phi) is 3.09. The van der Waals surface area contributed by atoms with Crippen LogP contribution in [0.5, 0.6) is 0 Å². The summed E-state index contributed by atoms with van der Waals surface area (Å²) in [5.41, 5.74) is 6.03. The van der Waals surface area contributed by atoms with Crippen LogP contribution in [0.2, 0.25) is 0 Å². The van der Waals surface area contributed by atoms with Gasteiger partial charge in [-0.05, 0) is 34.8 Å². The molecular weight excluding hydrogens is 261 g/mol. The van der Waals surface area contributed by atoms with Gasteiger partial charge in [0, 0.05) is 12.2 Å². The largest absolute Gasteiger partial charge is 0.379 e. The van der Waals surface area contributed by atoms with Gasteiger partial charge in [-0.15, -0.1) is 0 Å². The summed E-state index contributed by atoms with van der Waals surface area (Å²) in [6.07, 6.45) is 1.64. The molecule has 15 heavy (non-hydrogen) atoms. The van der Waals surface area contributed by atoms with Crippen LogP contribution in [0.3, 0.4) is 0 Å². The fourth-order valence-corrected chi connectivity index (χ4v) is 2.28. The Morgan fingerprint density at radius 3 is 2.93 bits per heavy atom. The van der Waals surface area contributed by atoms with Gasteiger partial charge in [-0.3, -0.25) is 0 Å². The minimum Gasteiger partial charge on any atom is -0.379 e. The average molecular weight is 274 g/mol. The van der Waals surface area contributed by atoms with Crippen molar-refractivity contribution < 1.29 is 9.13 Å². The summed E-state index contributed by atoms with van der Waals surface area (Å²) in [6.45, 7) is 1.11. The maximum absolute atomic E-state index is 13.8. The van der Waals surface area contributed by atoms with Crippen LogP contribution >= 0.6 is 15.9 Å². The van der Waals surface area contributed by atoms with E-state index in [1.165, 1.54) is 0 Å². The fourth-order valence-electron chi connectivity index (χ4n) is 1.92. The van der Waals surface area contributed by atoms with Crippen LogP contribution < -0.4 is 5.73 Å². The summed E-state index contributed by atoms with van der Waals surface area (Å²) in [5.74, 6) is -0.273. The van der Waals surface area contributed by atoms with Gasteiger partial charge in [0.1, 0.15) is 5.82 Å². The fraction of sp³-hybridized carbons (Fsp3) is 0.455. The van der Waals surface area contributed by atoms with E-state index in [1.54, 1.807) is 18.2 Å². The molecule has 1 aliphatic rings. The first-order chi connectivity index (χ1) is 7.13. The predicted octanol–water partition coefficient (Wildman–Crippen LogP) is 2.55. The van der Waals surface area contributed by atoms with Crippen molar-refractivity contribution in [1.82, 2.24) is 0 Å². The zero-order valence-corrected chi connectivity index (χ0v) is 9.89. The summed E-state index contributed by atoms with van der Waals surface area (Å²) in [7, 11) is 0. The quantitative estimate of drug-likeness (QED) is 0.854. The third-order valence-corrected chi connectivity index (χ3v) is 3.37. The maximum Gasteiger partial charge on any atom is 0.142 e. The normalized spacial score (nSPS) is 26.6. The number of rotatable bonds is 1. The molecule has 0 aromatic heterocycles. The Balaban J connectivity index is 2.39. The zero-order valence-electron chi connectivity index (χ0n) is 8.30. The molecule has 1 heterocycles. The van der Waals surface area contributed by atoms with Gasteiger partial charge in [-0.2, -0.15) is 0 Å². The second kappa shape index (κ2) is 4.20. The highest BCUT2D eigenvalue weighted by Crippen LogP contribution is 2.32. The van der Waals surface area contributed by atoms with Crippen molar-refractivity contribution in [3.8, 4) is 0 Å². The first-order valence-electron chi connectivity index (χ1n) is 4.95. The van der Waals surface area contributed by atoms with Crippen molar-refractivity contribution in [2.24, 2.45) is 5.73 Å². The third kappa shape index (κ3) is 2.07. The molecule has 0 aliphatic carbocycles.